The van der Waals surface area contributed by atoms with Crippen LogP contribution in [0.25, 0.3) is 0 Å². The first kappa shape index (κ1) is 22.3. The summed E-state index contributed by atoms with van der Waals surface area (Å²) in [5, 5.41) is 2.19. The van der Waals surface area contributed by atoms with Gasteiger partial charge in [-0.05, 0) is 35.9 Å². The Morgan fingerprint density at radius 1 is 1.09 bits per heavy atom. The van der Waals surface area contributed by atoms with Crippen molar-refractivity contribution in [1.29, 1.82) is 0 Å². The Bertz CT molecular complexity index is 1220. The van der Waals surface area contributed by atoms with E-state index in [1.165, 1.54) is 24.1 Å². The molecule has 1 aliphatic heterocycles. The second-order valence-corrected chi connectivity index (χ2v) is 7.50. The maximum absolute atomic E-state index is 14.0. The minimum atomic E-state index is -1.72. The molecule has 2 aromatic carbocycles. The Morgan fingerprint density at radius 3 is 2.61 bits per heavy atom. The lowest BCUT2D eigenvalue weighted by Gasteiger charge is -2.18. The highest BCUT2D eigenvalue weighted by Gasteiger charge is 2.44. The van der Waals surface area contributed by atoms with Gasteiger partial charge in [-0.2, -0.15) is 0 Å². The Hall–Kier alpha value is -3.95. The smallest absolute Gasteiger partial charge is 0.237 e. The largest absolute Gasteiger partial charge is 0.439 e. The minimum absolute atomic E-state index is 0.149. The van der Waals surface area contributed by atoms with Crippen molar-refractivity contribution in [3.05, 3.63) is 83.6 Å². The van der Waals surface area contributed by atoms with Gasteiger partial charge in [0, 0.05) is 25.6 Å². The summed E-state index contributed by atoms with van der Waals surface area (Å²) >= 11 is 0. The summed E-state index contributed by atoms with van der Waals surface area (Å²) in [4.78, 5) is 30.8. The van der Waals surface area contributed by atoms with E-state index >= 15 is 0 Å². The molecule has 0 saturated carbocycles. The van der Waals surface area contributed by atoms with Crippen molar-refractivity contribution in [2.24, 2.45) is 5.92 Å². The molecule has 2 heterocycles. The molecule has 0 aliphatic carbocycles. The first-order valence-electron chi connectivity index (χ1n) is 9.83. The van der Waals surface area contributed by atoms with Crippen molar-refractivity contribution < 1.29 is 31.9 Å². The summed E-state index contributed by atoms with van der Waals surface area (Å²) < 4.78 is 59.4. The number of halogens is 4. The molecule has 3 aromatic rings. The Morgan fingerprint density at radius 2 is 1.88 bits per heavy atom. The minimum Gasteiger partial charge on any atom is -0.439 e. The van der Waals surface area contributed by atoms with E-state index in [0.29, 0.717) is 17.4 Å². The molecule has 0 unspecified atom stereocenters. The number of benzene rings is 2. The van der Waals surface area contributed by atoms with Gasteiger partial charge in [0.2, 0.25) is 17.7 Å². The second-order valence-electron chi connectivity index (χ2n) is 7.50. The first-order chi connectivity index (χ1) is 15.7. The number of aromatic nitrogens is 1. The third-order valence-corrected chi connectivity index (χ3v) is 5.30. The van der Waals surface area contributed by atoms with Crippen LogP contribution in [0.2, 0.25) is 0 Å². The van der Waals surface area contributed by atoms with Gasteiger partial charge in [-0.25, -0.2) is 22.5 Å². The molecule has 1 aromatic heterocycles. The molecule has 1 N–H and O–H groups in total. The van der Waals surface area contributed by atoms with Gasteiger partial charge < -0.3 is 15.0 Å². The van der Waals surface area contributed by atoms with Crippen molar-refractivity contribution in [3.8, 4) is 11.6 Å². The van der Waals surface area contributed by atoms with E-state index in [1.54, 1.807) is 24.3 Å². The Kier molecular flexibility index (Phi) is 5.99. The van der Waals surface area contributed by atoms with Crippen molar-refractivity contribution in [2.45, 2.75) is 5.92 Å². The third-order valence-electron chi connectivity index (χ3n) is 5.30. The molecule has 170 valence electrons. The average molecular weight is 459 g/mol. The van der Waals surface area contributed by atoms with Crippen LogP contribution < -0.4 is 10.1 Å². The van der Waals surface area contributed by atoms with Crippen LogP contribution in [0.4, 0.5) is 23.2 Å². The lowest BCUT2D eigenvalue weighted by Crippen LogP contribution is -2.33. The number of hydrogen-bond acceptors (Lipinski definition) is 4. The van der Waals surface area contributed by atoms with Gasteiger partial charge in [0.1, 0.15) is 17.5 Å². The number of carbonyl (C=O) groups excluding carboxylic acids is 2. The molecule has 10 heteroatoms. The fourth-order valence-corrected chi connectivity index (χ4v) is 3.68. The standard InChI is InChI=1S/C23H17F4N3O3/c1-30-11-15(12-3-2-4-14(9-12)33-18-8-5-13(24)10-28-18)19(23(30)32)22(31)29-17-7-6-16(25)20(26)21(17)27/h2-10,15,19H,11H2,1H3,(H,29,31)/t15-,19+/m1/s1. The monoisotopic (exact) mass is 459 g/mol. The number of anilines is 1. The normalized spacial score (nSPS) is 17.8. The highest BCUT2D eigenvalue weighted by molar-refractivity contribution is 6.08. The van der Waals surface area contributed by atoms with Crippen molar-refractivity contribution in [3.63, 3.8) is 0 Å². The summed E-state index contributed by atoms with van der Waals surface area (Å²) in [7, 11) is 1.52. The van der Waals surface area contributed by atoms with E-state index in [4.69, 9.17) is 4.74 Å². The number of likely N-dealkylation sites (N-methyl/N-ethyl adjacent to an activating group) is 1. The summed E-state index contributed by atoms with van der Waals surface area (Å²) in [6.45, 7) is 0.190. The third kappa shape index (κ3) is 4.50. The van der Waals surface area contributed by atoms with E-state index in [2.05, 4.69) is 10.3 Å². The number of nitrogens with zero attached hydrogens (tertiary/aromatic N) is 2. The van der Waals surface area contributed by atoms with E-state index in [9.17, 15) is 27.2 Å². The number of ether oxygens (including phenoxy) is 1. The molecule has 33 heavy (non-hydrogen) atoms. The molecule has 6 nitrogen and oxygen atoms in total. The Balaban J connectivity index is 1.59. The van der Waals surface area contributed by atoms with Crippen LogP contribution in [0.5, 0.6) is 11.6 Å². The highest BCUT2D eigenvalue weighted by Crippen LogP contribution is 2.36. The maximum Gasteiger partial charge on any atom is 0.237 e. The van der Waals surface area contributed by atoms with Gasteiger partial charge in [0.05, 0.1) is 11.9 Å². The van der Waals surface area contributed by atoms with Gasteiger partial charge >= 0.3 is 0 Å². The van der Waals surface area contributed by atoms with E-state index < -0.39 is 52.6 Å². The molecular formula is C23H17F4N3O3. The molecule has 1 fully saturated rings. The fraction of sp³-hybridized carbons (Fsp3) is 0.174. The molecule has 0 radical (unpaired) electrons. The lowest BCUT2D eigenvalue weighted by atomic mass is 9.87. The first-order valence-corrected chi connectivity index (χ1v) is 9.83. The van der Waals surface area contributed by atoms with Crippen molar-refractivity contribution in [1.82, 2.24) is 9.88 Å². The molecule has 1 aliphatic rings. The van der Waals surface area contributed by atoms with E-state index in [1.807, 2.05) is 0 Å². The van der Waals surface area contributed by atoms with Crippen LogP contribution in [-0.4, -0.2) is 35.3 Å². The molecular weight excluding hydrogens is 442 g/mol. The molecule has 0 spiro atoms. The molecule has 1 saturated heterocycles. The second kappa shape index (κ2) is 8.89. The van der Waals surface area contributed by atoms with E-state index in [0.717, 1.165) is 12.3 Å². The van der Waals surface area contributed by atoms with Crippen molar-refractivity contribution in [2.75, 3.05) is 18.9 Å². The molecule has 0 bridgehead atoms. The zero-order valence-electron chi connectivity index (χ0n) is 17.2. The average Bonchev–Trinajstić information content (AvgIpc) is 3.10. The predicted molar refractivity (Wildman–Crippen MR) is 110 cm³/mol. The number of nitrogens with one attached hydrogen (secondary N) is 1. The zero-order chi connectivity index (χ0) is 23.7. The van der Waals surface area contributed by atoms with Crippen LogP contribution in [-0.2, 0) is 9.59 Å². The predicted octanol–water partition coefficient (Wildman–Crippen LogP) is 4.24. The lowest BCUT2D eigenvalue weighted by molar-refractivity contribution is -0.135. The zero-order valence-corrected chi connectivity index (χ0v) is 17.2. The van der Waals surface area contributed by atoms with Crippen LogP contribution >= 0.6 is 0 Å². The topological polar surface area (TPSA) is 71.5 Å². The number of likely N-dealkylation sites (tertiary alicyclic amines) is 1. The summed E-state index contributed by atoms with van der Waals surface area (Å²) in [5.41, 5.74) is 0.0118. The molecule has 2 amide bonds. The fourth-order valence-electron chi connectivity index (χ4n) is 3.68. The number of amides is 2. The van der Waals surface area contributed by atoms with E-state index in [-0.39, 0.29) is 12.4 Å². The summed E-state index contributed by atoms with van der Waals surface area (Å²) in [5.74, 6) is -7.92. The number of hydrogen-bond donors (Lipinski definition) is 1. The Labute approximate surface area is 185 Å². The quantitative estimate of drug-likeness (QED) is 0.352. The summed E-state index contributed by atoms with van der Waals surface area (Å²) in [6, 6.07) is 10.7. The van der Waals surface area contributed by atoms with Gasteiger partial charge in [-0.15, -0.1) is 0 Å². The van der Waals surface area contributed by atoms with Crippen LogP contribution in [0, 0.1) is 29.2 Å². The molecule has 4 rings (SSSR count). The van der Waals surface area contributed by atoms with Gasteiger partial charge in [-0.1, -0.05) is 12.1 Å². The van der Waals surface area contributed by atoms with Crippen LogP contribution in [0.3, 0.4) is 0 Å². The molecule has 2 atom stereocenters. The highest BCUT2D eigenvalue weighted by atomic mass is 19.2. The van der Waals surface area contributed by atoms with Crippen LogP contribution in [0.15, 0.2) is 54.7 Å². The SMILES string of the molecule is CN1C[C@H](c2cccc(Oc3ccc(F)cn3)c2)[C@@H](C(=O)Nc2ccc(F)c(F)c2F)C1=O. The van der Waals surface area contributed by atoms with Crippen molar-refractivity contribution >= 4 is 17.5 Å². The number of carbonyl (C=O) groups is 2. The van der Waals surface area contributed by atoms with Gasteiger partial charge in [-0.3, -0.25) is 9.59 Å². The summed E-state index contributed by atoms with van der Waals surface area (Å²) in [6.07, 6.45) is 1.00. The van der Waals surface area contributed by atoms with Gasteiger partial charge in [0.15, 0.2) is 17.5 Å². The maximum atomic E-state index is 14.0. The number of pyridine rings is 1. The van der Waals surface area contributed by atoms with Crippen LogP contribution in [0.1, 0.15) is 11.5 Å². The van der Waals surface area contributed by atoms with Gasteiger partial charge in [0.25, 0.3) is 0 Å². The number of rotatable bonds is 5.